The Labute approximate surface area is 209 Å². The molecule has 1 amide bonds. The molecule has 33 heavy (non-hydrogen) atoms. The molecule has 0 unspecified atom stereocenters. The summed E-state index contributed by atoms with van der Waals surface area (Å²) in [7, 11) is -3.95. The number of sulfonamides is 1. The quantitative estimate of drug-likeness (QED) is 0.295. The maximum absolute atomic E-state index is 13.3. The van der Waals surface area contributed by atoms with Gasteiger partial charge in [0.1, 0.15) is 5.75 Å². The number of nitrogens with one attached hydrogen (secondary N) is 1. The Morgan fingerprint density at radius 3 is 2.33 bits per heavy atom. The van der Waals surface area contributed by atoms with Crippen LogP contribution in [-0.2, 0) is 21.4 Å². The molecule has 3 aromatic carbocycles. The van der Waals surface area contributed by atoms with E-state index >= 15 is 0 Å². The zero-order valence-electron chi connectivity index (χ0n) is 17.6. The molecule has 0 fully saturated rings. The van der Waals surface area contributed by atoms with Crippen molar-refractivity contribution in [3.8, 4) is 5.75 Å². The molecular formula is C23H21Br2N3O4S. The van der Waals surface area contributed by atoms with Crippen LogP contribution < -0.4 is 5.43 Å². The van der Waals surface area contributed by atoms with Crippen molar-refractivity contribution in [3.05, 3.63) is 92.4 Å². The van der Waals surface area contributed by atoms with Gasteiger partial charge in [0, 0.05) is 21.1 Å². The summed E-state index contributed by atoms with van der Waals surface area (Å²) in [4.78, 5) is 12.7. The number of carbonyl (C=O) groups excluding carboxylic acids is 1. The lowest BCUT2D eigenvalue weighted by atomic mass is 10.2. The molecule has 0 saturated heterocycles. The minimum Gasteiger partial charge on any atom is -0.507 e. The van der Waals surface area contributed by atoms with Crippen molar-refractivity contribution < 1.29 is 18.3 Å². The van der Waals surface area contributed by atoms with Gasteiger partial charge in [0.15, 0.2) is 0 Å². The number of benzene rings is 3. The summed E-state index contributed by atoms with van der Waals surface area (Å²) in [6.07, 6.45) is 1.28. The second kappa shape index (κ2) is 11.1. The topological polar surface area (TPSA) is 99.1 Å². The number of phenolic OH excluding ortho intramolecular Hbond substituents is 1. The van der Waals surface area contributed by atoms with E-state index in [-0.39, 0.29) is 17.2 Å². The highest BCUT2D eigenvalue weighted by Crippen LogP contribution is 2.21. The monoisotopic (exact) mass is 593 g/mol. The maximum Gasteiger partial charge on any atom is 0.255 e. The summed E-state index contributed by atoms with van der Waals surface area (Å²) in [5, 5.41) is 13.7. The van der Waals surface area contributed by atoms with E-state index in [1.165, 1.54) is 24.4 Å². The van der Waals surface area contributed by atoms with Crippen LogP contribution in [0.2, 0.25) is 0 Å². The van der Waals surface area contributed by atoms with Crippen molar-refractivity contribution in [1.82, 2.24) is 9.73 Å². The predicted molar refractivity (Wildman–Crippen MR) is 134 cm³/mol. The molecule has 3 aromatic rings. The van der Waals surface area contributed by atoms with Crippen LogP contribution >= 0.6 is 31.9 Å². The first-order valence-electron chi connectivity index (χ1n) is 9.77. The van der Waals surface area contributed by atoms with E-state index in [1.807, 2.05) is 6.92 Å². The van der Waals surface area contributed by atoms with Gasteiger partial charge in [-0.2, -0.15) is 9.41 Å². The fourth-order valence-electron chi connectivity index (χ4n) is 2.88. The fourth-order valence-corrected chi connectivity index (χ4v) is 4.90. The Kier molecular flexibility index (Phi) is 8.41. The molecule has 0 aliphatic carbocycles. The second-order valence-electron chi connectivity index (χ2n) is 7.21. The highest BCUT2D eigenvalue weighted by Gasteiger charge is 2.27. The van der Waals surface area contributed by atoms with Gasteiger partial charge < -0.3 is 5.11 Å². The molecule has 0 aliphatic rings. The van der Waals surface area contributed by atoms with Gasteiger partial charge in [-0.25, -0.2) is 13.8 Å². The van der Waals surface area contributed by atoms with E-state index in [0.29, 0.717) is 5.56 Å². The van der Waals surface area contributed by atoms with E-state index in [2.05, 4.69) is 42.4 Å². The number of aryl methyl sites for hydroxylation is 1. The highest BCUT2D eigenvalue weighted by atomic mass is 79.9. The van der Waals surface area contributed by atoms with E-state index in [0.717, 1.165) is 24.4 Å². The first-order chi connectivity index (χ1) is 15.6. The van der Waals surface area contributed by atoms with Crippen molar-refractivity contribution in [2.24, 2.45) is 5.10 Å². The van der Waals surface area contributed by atoms with Crippen molar-refractivity contribution in [2.45, 2.75) is 18.4 Å². The van der Waals surface area contributed by atoms with Gasteiger partial charge in [0.2, 0.25) is 10.0 Å². The summed E-state index contributed by atoms with van der Waals surface area (Å²) in [5.41, 5.74) is 4.37. The Morgan fingerprint density at radius 2 is 1.67 bits per heavy atom. The van der Waals surface area contributed by atoms with Crippen molar-refractivity contribution in [2.75, 3.05) is 6.54 Å². The normalized spacial score (nSPS) is 11.8. The highest BCUT2D eigenvalue weighted by molar-refractivity contribution is 9.10. The van der Waals surface area contributed by atoms with Crippen molar-refractivity contribution in [3.63, 3.8) is 0 Å². The van der Waals surface area contributed by atoms with Crippen LogP contribution in [0.15, 0.2) is 85.7 Å². The van der Waals surface area contributed by atoms with Gasteiger partial charge >= 0.3 is 0 Å². The van der Waals surface area contributed by atoms with Crippen LogP contribution in [0.25, 0.3) is 0 Å². The van der Waals surface area contributed by atoms with E-state index < -0.39 is 22.5 Å². The van der Waals surface area contributed by atoms with Crippen LogP contribution in [0, 0.1) is 6.92 Å². The Hall–Kier alpha value is -2.53. The molecule has 7 nitrogen and oxygen atoms in total. The number of carbonyl (C=O) groups is 1. The minimum absolute atomic E-state index is 0.00462. The largest absolute Gasteiger partial charge is 0.507 e. The molecular weight excluding hydrogens is 574 g/mol. The minimum atomic E-state index is -3.95. The molecule has 10 heteroatoms. The maximum atomic E-state index is 13.3. The van der Waals surface area contributed by atoms with E-state index in [1.54, 1.807) is 48.5 Å². The lowest BCUT2D eigenvalue weighted by Gasteiger charge is -2.21. The van der Waals surface area contributed by atoms with Crippen LogP contribution in [-0.4, -0.2) is 36.5 Å². The van der Waals surface area contributed by atoms with Gasteiger partial charge in [-0.05, 0) is 55.0 Å². The first-order valence-corrected chi connectivity index (χ1v) is 12.8. The zero-order chi connectivity index (χ0) is 24.0. The van der Waals surface area contributed by atoms with Crippen molar-refractivity contribution >= 4 is 54.0 Å². The molecule has 0 aliphatic heterocycles. The number of aromatic hydroxyl groups is 1. The number of rotatable bonds is 8. The van der Waals surface area contributed by atoms with Gasteiger partial charge in [-0.3, -0.25) is 4.79 Å². The molecule has 172 valence electrons. The Bertz CT molecular complexity index is 1260. The summed E-state index contributed by atoms with van der Waals surface area (Å²) >= 11 is 6.66. The lowest BCUT2D eigenvalue weighted by molar-refractivity contribution is -0.121. The third kappa shape index (κ3) is 6.97. The van der Waals surface area contributed by atoms with Crippen LogP contribution in [0.4, 0.5) is 0 Å². The van der Waals surface area contributed by atoms with Crippen LogP contribution in [0.1, 0.15) is 16.7 Å². The SMILES string of the molecule is Cc1ccc(S(=O)(=O)N(CC(=O)N/N=C\c2cc(Br)ccc2O)Cc2ccc(Br)cc2)cc1. The lowest BCUT2D eigenvalue weighted by Crippen LogP contribution is -2.39. The summed E-state index contributed by atoms with van der Waals surface area (Å²) in [6, 6.07) is 18.4. The van der Waals surface area contributed by atoms with Gasteiger partial charge in [-0.15, -0.1) is 0 Å². The third-order valence-corrected chi connectivity index (χ3v) is 7.46. The number of hydrogen-bond donors (Lipinski definition) is 2. The van der Waals surface area contributed by atoms with Gasteiger partial charge in [0.05, 0.1) is 17.7 Å². The summed E-state index contributed by atoms with van der Waals surface area (Å²) < 4.78 is 29.3. The molecule has 0 aromatic heterocycles. The molecule has 3 rings (SSSR count). The standard InChI is InChI=1S/C23H21Br2N3O4S/c1-16-2-9-21(10-3-16)33(31,32)28(14-17-4-6-19(24)7-5-17)15-23(30)27-26-13-18-12-20(25)8-11-22(18)29/h2-13,29H,14-15H2,1H3,(H,27,30)/b26-13-. The number of hydrogen-bond acceptors (Lipinski definition) is 5. The molecule has 0 bridgehead atoms. The molecule has 0 heterocycles. The fraction of sp³-hybridized carbons (Fsp3) is 0.130. The van der Waals surface area contributed by atoms with Crippen LogP contribution in [0.5, 0.6) is 5.75 Å². The smallest absolute Gasteiger partial charge is 0.255 e. The molecule has 2 N–H and O–H groups in total. The van der Waals surface area contributed by atoms with Gasteiger partial charge in [0.25, 0.3) is 5.91 Å². The molecule has 0 radical (unpaired) electrons. The number of nitrogens with zero attached hydrogens (tertiary/aromatic N) is 2. The molecule has 0 spiro atoms. The summed E-state index contributed by atoms with van der Waals surface area (Å²) in [6.45, 7) is 1.44. The number of hydrazone groups is 1. The predicted octanol–water partition coefficient (Wildman–Crippen LogP) is 4.57. The molecule has 0 saturated carbocycles. The molecule has 0 atom stereocenters. The number of amides is 1. The Morgan fingerprint density at radius 1 is 1.03 bits per heavy atom. The zero-order valence-corrected chi connectivity index (χ0v) is 21.6. The third-order valence-electron chi connectivity index (χ3n) is 4.63. The average Bonchev–Trinajstić information content (AvgIpc) is 2.77. The van der Waals surface area contributed by atoms with E-state index in [4.69, 9.17) is 0 Å². The first kappa shape index (κ1) is 25.1. The van der Waals surface area contributed by atoms with Crippen LogP contribution in [0.3, 0.4) is 0 Å². The average molecular weight is 595 g/mol. The van der Waals surface area contributed by atoms with E-state index in [9.17, 15) is 18.3 Å². The number of phenols is 1. The Balaban J connectivity index is 1.80. The van der Waals surface area contributed by atoms with Crippen molar-refractivity contribution in [1.29, 1.82) is 0 Å². The van der Waals surface area contributed by atoms with Gasteiger partial charge in [-0.1, -0.05) is 61.7 Å². The number of halogens is 2. The summed E-state index contributed by atoms with van der Waals surface area (Å²) in [5.74, 6) is -0.622. The second-order valence-corrected chi connectivity index (χ2v) is 11.0.